The quantitative estimate of drug-likeness (QED) is 0.713. The molecule has 0 saturated carbocycles. The number of rotatable bonds is 5. The summed E-state index contributed by atoms with van der Waals surface area (Å²) < 4.78 is 12.1. The van der Waals surface area contributed by atoms with Gasteiger partial charge in [-0.05, 0) is 19.1 Å². The van der Waals surface area contributed by atoms with E-state index < -0.39 is 5.97 Å². The lowest BCUT2D eigenvalue weighted by atomic mass is 10.1. The molecule has 0 bridgehead atoms. The molecule has 3 rings (SSSR count). The van der Waals surface area contributed by atoms with Crippen LogP contribution in [-0.2, 0) is 0 Å². The highest BCUT2D eigenvalue weighted by Crippen LogP contribution is 2.36. The van der Waals surface area contributed by atoms with Crippen molar-refractivity contribution in [1.29, 1.82) is 0 Å². The summed E-state index contributed by atoms with van der Waals surface area (Å²) >= 11 is 0. The minimum Gasteiger partial charge on any atom is -0.493 e. The number of imidazole rings is 1. The van der Waals surface area contributed by atoms with Crippen LogP contribution in [0.25, 0.3) is 5.65 Å². The van der Waals surface area contributed by atoms with Gasteiger partial charge >= 0.3 is 5.97 Å². The molecule has 0 aliphatic heterocycles. The SMILES string of the molecule is COc1cc(N=Nc2c(C)nc3ccccn23)c(C(=O)O)cc1OC. The van der Waals surface area contributed by atoms with Gasteiger partial charge in [0.2, 0.25) is 0 Å². The first-order chi connectivity index (χ1) is 12.0. The highest BCUT2D eigenvalue weighted by Gasteiger charge is 2.17. The number of aromatic nitrogens is 2. The van der Waals surface area contributed by atoms with Crippen LogP contribution in [0.1, 0.15) is 16.1 Å². The van der Waals surface area contributed by atoms with Crippen molar-refractivity contribution in [3.05, 3.63) is 47.8 Å². The van der Waals surface area contributed by atoms with Crippen molar-refractivity contribution >= 4 is 23.1 Å². The van der Waals surface area contributed by atoms with Gasteiger partial charge in [-0.3, -0.25) is 4.40 Å². The maximum absolute atomic E-state index is 11.5. The van der Waals surface area contributed by atoms with Gasteiger partial charge in [0.15, 0.2) is 17.3 Å². The monoisotopic (exact) mass is 340 g/mol. The molecule has 0 saturated heterocycles. The summed E-state index contributed by atoms with van der Waals surface area (Å²) in [6.07, 6.45) is 1.82. The van der Waals surface area contributed by atoms with E-state index in [1.165, 1.54) is 26.4 Å². The van der Waals surface area contributed by atoms with Crippen molar-refractivity contribution in [2.45, 2.75) is 6.92 Å². The second kappa shape index (κ2) is 6.60. The molecule has 2 aromatic heterocycles. The number of carbonyl (C=O) groups is 1. The molecule has 2 heterocycles. The Kier molecular flexibility index (Phi) is 4.34. The highest BCUT2D eigenvalue weighted by molar-refractivity contribution is 5.94. The minimum atomic E-state index is -1.13. The van der Waals surface area contributed by atoms with Crippen LogP contribution < -0.4 is 9.47 Å². The Bertz CT molecular complexity index is 978. The van der Waals surface area contributed by atoms with E-state index in [1.807, 2.05) is 31.3 Å². The van der Waals surface area contributed by atoms with Crippen molar-refractivity contribution in [2.75, 3.05) is 14.2 Å². The molecule has 8 heteroatoms. The maximum Gasteiger partial charge on any atom is 0.338 e. The van der Waals surface area contributed by atoms with Crippen LogP contribution in [0.2, 0.25) is 0 Å². The fourth-order valence-corrected chi connectivity index (χ4v) is 2.44. The number of azo groups is 1. The smallest absolute Gasteiger partial charge is 0.338 e. The van der Waals surface area contributed by atoms with E-state index in [-0.39, 0.29) is 11.3 Å². The Balaban J connectivity index is 2.11. The zero-order chi connectivity index (χ0) is 18.0. The van der Waals surface area contributed by atoms with E-state index >= 15 is 0 Å². The van der Waals surface area contributed by atoms with E-state index in [4.69, 9.17) is 9.47 Å². The normalized spacial score (nSPS) is 11.2. The predicted octanol–water partition coefficient (Wildman–Crippen LogP) is 3.77. The first-order valence-corrected chi connectivity index (χ1v) is 7.40. The number of pyridine rings is 1. The Morgan fingerprint density at radius 2 is 1.88 bits per heavy atom. The first kappa shape index (κ1) is 16.4. The highest BCUT2D eigenvalue weighted by atomic mass is 16.5. The van der Waals surface area contributed by atoms with Gasteiger partial charge in [-0.2, -0.15) is 0 Å². The van der Waals surface area contributed by atoms with Crippen molar-refractivity contribution in [3.8, 4) is 11.5 Å². The second-order valence-electron chi connectivity index (χ2n) is 5.18. The number of hydrogen-bond donors (Lipinski definition) is 1. The molecule has 1 N–H and O–H groups in total. The van der Waals surface area contributed by atoms with E-state index in [9.17, 15) is 9.90 Å². The molecular formula is C17H16N4O4. The summed E-state index contributed by atoms with van der Waals surface area (Å²) in [5.74, 6) is 0.0765. The molecule has 0 spiro atoms. The predicted molar refractivity (Wildman–Crippen MR) is 90.6 cm³/mol. The average Bonchev–Trinajstić information content (AvgIpc) is 2.94. The number of aryl methyl sites for hydroxylation is 1. The summed E-state index contributed by atoms with van der Waals surface area (Å²) in [6, 6.07) is 8.41. The maximum atomic E-state index is 11.5. The van der Waals surface area contributed by atoms with Crippen LogP contribution in [0.3, 0.4) is 0 Å². The lowest BCUT2D eigenvalue weighted by Gasteiger charge is -2.09. The molecule has 0 radical (unpaired) electrons. The number of fused-ring (bicyclic) bond motifs is 1. The third-order valence-corrected chi connectivity index (χ3v) is 3.66. The standard InChI is InChI=1S/C17H16N4O4/c1-10-16(21-7-5-4-6-15(21)18-10)20-19-12-9-14(25-3)13(24-2)8-11(12)17(22)23/h4-9H,1-3H3,(H,22,23). The number of carboxylic acids is 1. The lowest BCUT2D eigenvalue weighted by Crippen LogP contribution is -1.99. The third-order valence-electron chi connectivity index (χ3n) is 3.66. The summed E-state index contributed by atoms with van der Waals surface area (Å²) in [7, 11) is 2.90. The number of ether oxygens (including phenoxy) is 2. The first-order valence-electron chi connectivity index (χ1n) is 7.40. The molecule has 0 fully saturated rings. The molecule has 8 nitrogen and oxygen atoms in total. The fraction of sp³-hybridized carbons (Fsp3) is 0.176. The Hall–Kier alpha value is -3.42. The van der Waals surface area contributed by atoms with Gasteiger partial charge in [0.25, 0.3) is 0 Å². The summed E-state index contributed by atoms with van der Waals surface area (Å²) in [6.45, 7) is 1.81. The largest absolute Gasteiger partial charge is 0.493 e. The number of aromatic carboxylic acids is 1. The number of hydrogen-bond acceptors (Lipinski definition) is 6. The van der Waals surface area contributed by atoms with Crippen LogP contribution in [0.15, 0.2) is 46.8 Å². The molecule has 0 aliphatic rings. The zero-order valence-corrected chi connectivity index (χ0v) is 13.9. The van der Waals surface area contributed by atoms with Crippen molar-refractivity contribution in [3.63, 3.8) is 0 Å². The van der Waals surface area contributed by atoms with Crippen molar-refractivity contribution in [1.82, 2.24) is 9.38 Å². The van der Waals surface area contributed by atoms with E-state index in [0.717, 1.165) is 5.65 Å². The topological polar surface area (TPSA) is 97.8 Å². The zero-order valence-electron chi connectivity index (χ0n) is 13.9. The molecule has 0 aliphatic carbocycles. The summed E-state index contributed by atoms with van der Waals surface area (Å²) in [5.41, 5.74) is 1.55. The van der Waals surface area contributed by atoms with E-state index in [2.05, 4.69) is 15.2 Å². The third kappa shape index (κ3) is 3.01. The summed E-state index contributed by atoms with van der Waals surface area (Å²) in [5, 5.41) is 17.7. The second-order valence-corrected chi connectivity index (χ2v) is 5.18. The molecule has 128 valence electrons. The molecule has 0 amide bonds. The van der Waals surface area contributed by atoms with Gasteiger partial charge in [0.05, 0.1) is 25.5 Å². The fourth-order valence-electron chi connectivity index (χ4n) is 2.44. The Labute approximate surface area is 143 Å². The van der Waals surface area contributed by atoms with Gasteiger partial charge in [-0.25, -0.2) is 9.78 Å². The number of nitrogens with zero attached hydrogens (tertiary/aromatic N) is 4. The van der Waals surface area contributed by atoms with Crippen LogP contribution in [0.4, 0.5) is 11.5 Å². The van der Waals surface area contributed by atoms with E-state index in [1.54, 1.807) is 4.40 Å². The molecule has 0 unspecified atom stereocenters. The van der Waals surface area contributed by atoms with Gasteiger partial charge in [-0.15, -0.1) is 10.2 Å². The molecule has 3 aromatic rings. The van der Waals surface area contributed by atoms with Gasteiger partial charge < -0.3 is 14.6 Å². The Morgan fingerprint density at radius 3 is 2.56 bits per heavy atom. The van der Waals surface area contributed by atoms with Gasteiger partial charge in [0, 0.05) is 18.3 Å². The van der Waals surface area contributed by atoms with Crippen LogP contribution in [0.5, 0.6) is 11.5 Å². The minimum absolute atomic E-state index is 0.0344. The molecule has 1 aromatic carbocycles. The summed E-state index contributed by atoms with van der Waals surface area (Å²) in [4.78, 5) is 15.9. The lowest BCUT2D eigenvalue weighted by molar-refractivity contribution is 0.0697. The van der Waals surface area contributed by atoms with Crippen molar-refractivity contribution < 1.29 is 19.4 Å². The molecular weight excluding hydrogens is 324 g/mol. The van der Waals surface area contributed by atoms with Crippen LogP contribution >= 0.6 is 0 Å². The van der Waals surface area contributed by atoms with Gasteiger partial charge in [0.1, 0.15) is 11.3 Å². The van der Waals surface area contributed by atoms with Crippen LogP contribution in [0, 0.1) is 6.92 Å². The number of benzene rings is 1. The average molecular weight is 340 g/mol. The number of methoxy groups -OCH3 is 2. The van der Waals surface area contributed by atoms with Gasteiger partial charge in [-0.1, -0.05) is 6.07 Å². The van der Waals surface area contributed by atoms with Crippen molar-refractivity contribution in [2.24, 2.45) is 10.2 Å². The molecule has 25 heavy (non-hydrogen) atoms. The van der Waals surface area contributed by atoms with Crippen LogP contribution in [-0.4, -0.2) is 34.7 Å². The molecule has 0 atom stereocenters. The number of carboxylic acid groups (broad SMARTS) is 1. The van der Waals surface area contributed by atoms with E-state index in [0.29, 0.717) is 23.0 Å². The Morgan fingerprint density at radius 1 is 1.16 bits per heavy atom.